The monoisotopic (exact) mass is 282 g/mol. The van der Waals surface area contributed by atoms with Crippen molar-refractivity contribution in [2.24, 2.45) is 4.99 Å². The van der Waals surface area contributed by atoms with Crippen molar-refractivity contribution in [3.63, 3.8) is 0 Å². The first-order valence-electron chi connectivity index (χ1n) is 6.53. The molecule has 0 atom stereocenters. The van der Waals surface area contributed by atoms with Crippen LogP contribution in [-0.4, -0.2) is 37.8 Å². The zero-order valence-electron chi connectivity index (χ0n) is 12.4. The number of hydrogen-bond donors (Lipinski definition) is 2. The number of aliphatic imine (C=N–C) groups is 1. The van der Waals surface area contributed by atoms with Crippen LogP contribution < -0.4 is 10.6 Å². The van der Waals surface area contributed by atoms with Gasteiger partial charge >= 0.3 is 5.97 Å². The van der Waals surface area contributed by atoms with Crippen molar-refractivity contribution in [2.45, 2.75) is 32.7 Å². The van der Waals surface area contributed by atoms with E-state index < -0.39 is 0 Å². The van der Waals surface area contributed by atoms with Crippen LogP contribution in [0.15, 0.2) is 15.6 Å². The molecule has 0 saturated carbocycles. The molecule has 1 rings (SSSR count). The minimum absolute atomic E-state index is 0.259. The summed E-state index contributed by atoms with van der Waals surface area (Å²) in [4.78, 5) is 15.0. The van der Waals surface area contributed by atoms with Crippen molar-refractivity contribution in [2.75, 3.05) is 20.7 Å². The smallest absolute Gasteiger partial charge is 0.307 e. The maximum Gasteiger partial charge on any atom is 0.307 e. The molecule has 20 heavy (non-hydrogen) atoms. The fraction of sp³-hybridized carbons (Fsp3) is 0.615. The third-order valence-electron chi connectivity index (χ3n) is 2.67. The second-order valence-corrected chi connectivity index (χ2v) is 4.55. The maximum atomic E-state index is 11.0. The SMILES string of the molecule is CN=C(NCCC(=O)OC)NCc1cc(C(C)C)no1. The fourth-order valence-corrected chi connectivity index (χ4v) is 1.46. The molecule has 1 aromatic heterocycles. The van der Waals surface area contributed by atoms with Crippen LogP contribution in [0.2, 0.25) is 0 Å². The maximum absolute atomic E-state index is 11.0. The topological polar surface area (TPSA) is 88.8 Å². The summed E-state index contributed by atoms with van der Waals surface area (Å²) in [7, 11) is 3.03. The number of carbonyl (C=O) groups is 1. The van der Waals surface area contributed by atoms with Gasteiger partial charge in [0.1, 0.15) is 0 Å². The first-order chi connectivity index (χ1) is 9.56. The summed E-state index contributed by atoms with van der Waals surface area (Å²) in [5, 5.41) is 10.1. The number of aromatic nitrogens is 1. The van der Waals surface area contributed by atoms with Gasteiger partial charge in [0.25, 0.3) is 0 Å². The van der Waals surface area contributed by atoms with Crippen LogP contribution in [-0.2, 0) is 16.1 Å². The average Bonchev–Trinajstić information content (AvgIpc) is 2.91. The van der Waals surface area contributed by atoms with Gasteiger partial charge in [-0.05, 0) is 5.92 Å². The lowest BCUT2D eigenvalue weighted by atomic mass is 10.1. The van der Waals surface area contributed by atoms with E-state index in [-0.39, 0.29) is 12.4 Å². The number of methoxy groups -OCH3 is 1. The molecule has 7 nitrogen and oxygen atoms in total. The molecule has 0 aromatic carbocycles. The molecule has 0 aliphatic heterocycles. The van der Waals surface area contributed by atoms with Crippen molar-refractivity contribution in [3.05, 3.63) is 17.5 Å². The highest BCUT2D eigenvalue weighted by molar-refractivity contribution is 5.80. The number of ether oxygens (including phenoxy) is 1. The van der Waals surface area contributed by atoms with Crippen molar-refractivity contribution >= 4 is 11.9 Å². The van der Waals surface area contributed by atoms with Gasteiger partial charge in [-0.15, -0.1) is 0 Å². The molecule has 0 spiro atoms. The molecule has 1 heterocycles. The van der Waals surface area contributed by atoms with Crippen LogP contribution in [0.1, 0.15) is 37.6 Å². The van der Waals surface area contributed by atoms with E-state index in [0.29, 0.717) is 25.0 Å². The Labute approximate surface area is 118 Å². The summed E-state index contributed by atoms with van der Waals surface area (Å²) < 4.78 is 9.77. The quantitative estimate of drug-likeness (QED) is 0.460. The molecule has 0 bridgehead atoms. The van der Waals surface area contributed by atoms with E-state index in [0.717, 1.165) is 11.5 Å². The summed E-state index contributed by atoms with van der Waals surface area (Å²) in [6.07, 6.45) is 0.289. The molecule has 2 N–H and O–H groups in total. The molecule has 0 radical (unpaired) electrons. The molecule has 0 aliphatic carbocycles. The Kier molecular flexibility index (Phi) is 6.55. The lowest BCUT2D eigenvalue weighted by Crippen LogP contribution is -2.37. The molecule has 0 amide bonds. The first kappa shape index (κ1) is 16.0. The number of carbonyl (C=O) groups excluding carboxylic acids is 1. The second kappa shape index (κ2) is 8.19. The number of esters is 1. The van der Waals surface area contributed by atoms with Gasteiger partial charge in [-0.2, -0.15) is 0 Å². The van der Waals surface area contributed by atoms with Crippen molar-refractivity contribution in [1.29, 1.82) is 0 Å². The molecule has 0 aliphatic rings. The molecule has 112 valence electrons. The Bertz CT molecular complexity index is 454. The lowest BCUT2D eigenvalue weighted by molar-refractivity contribution is -0.140. The third kappa shape index (κ3) is 5.29. The lowest BCUT2D eigenvalue weighted by Gasteiger charge is -2.09. The fourth-order valence-electron chi connectivity index (χ4n) is 1.46. The van der Waals surface area contributed by atoms with Crippen LogP contribution >= 0.6 is 0 Å². The molecule has 0 saturated heterocycles. The van der Waals surface area contributed by atoms with E-state index in [4.69, 9.17) is 4.52 Å². The molecule has 7 heteroatoms. The predicted octanol–water partition coefficient (Wildman–Crippen LogP) is 1.03. The van der Waals surface area contributed by atoms with Gasteiger partial charge < -0.3 is 19.9 Å². The predicted molar refractivity (Wildman–Crippen MR) is 75.4 cm³/mol. The van der Waals surface area contributed by atoms with Crippen molar-refractivity contribution < 1.29 is 14.1 Å². The average molecular weight is 282 g/mol. The third-order valence-corrected chi connectivity index (χ3v) is 2.67. The van der Waals surface area contributed by atoms with Crippen molar-refractivity contribution in [3.8, 4) is 0 Å². The number of guanidine groups is 1. The second-order valence-electron chi connectivity index (χ2n) is 4.55. The van der Waals surface area contributed by atoms with E-state index in [1.165, 1.54) is 7.11 Å². The van der Waals surface area contributed by atoms with Crippen LogP contribution in [0.4, 0.5) is 0 Å². The zero-order valence-corrected chi connectivity index (χ0v) is 12.4. The van der Waals surface area contributed by atoms with E-state index in [1.807, 2.05) is 6.07 Å². The van der Waals surface area contributed by atoms with Crippen LogP contribution in [0.3, 0.4) is 0 Å². The van der Waals surface area contributed by atoms with Crippen LogP contribution in [0.5, 0.6) is 0 Å². The largest absolute Gasteiger partial charge is 0.469 e. The molecule has 0 unspecified atom stereocenters. The summed E-state index contributed by atoms with van der Waals surface area (Å²) in [5.41, 5.74) is 0.926. The van der Waals surface area contributed by atoms with E-state index in [1.54, 1.807) is 7.05 Å². The van der Waals surface area contributed by atoms with Crippen LogP contribution in [0.25, 0.3) is 0 Å². The molecular weight excluding hydrogens is 260 g/mol. The van der Waals surface area contributed by atoms with Crippen LogP contribution in [0, 0.1) is 0 Å². The Hall–Kier alpha value is -2.05. The number of hydrogen-bond acceptors (Lipinski definition) is 5. The Morgan fingerprint density at radius 2 is 2.25 bits per heavy atom. The van der Waals surface area contributed by atoms with Gasteiger partial charge in [0.2, 0.25) is 0 Å². The van der Waals surface area contributed by atoms with Gasteiger partial charge in [0.05, 0.1) is 25.8 Å². The van der Waals surface area contributed by atoms with E-state index in [9.17, 15) is 4.79 Å². The molecular formula is C13H22N4O3. The van der Waals surface area contributed by atoms with E-state index >= 15 is 0 Å². The van der Waals surface area contributed by atoms with Gasteiger partial charge in [0.15, 0.2) is 11.7 Å². The van der Waals surface area contributed by atoms with E-state index in [2.05, 4.69) is 39.4 Å². The minimum atomic E-state index is -0.259. The summed E-state index contributed by atoms with van der Waals surface area (Å²) >= 11 is 0. The van der Waals surface area contributed by atoms with Gasteiger partial charge in [0, 0.05) is 19.7 Å². The number of rotatable bonds is 6. The Morgan fingerprint density at radius 1 is 1.50 bits per heavy atom. The number of nitrogens with one attached hydrogen (secondary N) is 2. The zero-order chi connectivity index (χ0) is 15.0. The van der Waals surface area contributed by atoms with Gasteiger partial charge in [-0.1, -0.05) is 19.0 Å². The highest BCUT2D eigenvalue weighted by Gasteiger charge is 2.08. The highest BCUT2D eigenvalue weighted by Crippen LogP contribution is 2.13. The summed E-state index contributed by atoms with van der Waals surface area (Å²) in [5.74, 6) is 1.41. The Balaban J connectivity index is 2.35. The number of nitrogens with zero attached hydrogens (tertiary/aromatic N) is 2. The standard InChI is InChI=1S/C13H22N4O3/c1-9(2)11-7-10(20-17-11)8-16-13(14-3)15-6-5-12(18)19-4/h7,9H,5-6,8H2,1-4H3,(H2,14,15,16). The highest BCUT2D eigenvalue weighted by atomic mass is 16.5. The molecule has 1 aromatic rings. The van der Waals surface area contributed by atoms with Crippen molar-refractivity contribution in [1.82, 2.24) is 15.8 Å². The van der Waals surface area contributed by atoms with Gasteiger partial charge in [-0.3, -0.25) is 9.79 Å². The Morgan fingerprint density at radius 3 is 2.80 bits per heavy atom. The molecule has 0 fully saturated rings. The minimum Gasteiger partial charge on any atom is -0.469 e. The summed E-state index contributed by atoms with van der Waals surface area (Å²) in [6, 6.07) is 1.92. The summed E-state index contributed by atoms with van der Waals surface area (Å²) in [6.45, 7) is 5.06. The normalized spacial score (nSPS) is 11.6. The first-order valence-corrected chi connectivity index (χ1v) is 6.53. The van der Waals surface area contributed by atoms with Gasteiger partial charge in [-0.25, -0.2) is 0 Å².